The van der Waals surface area contributed by atoms with Gasteiger partial charge in [0, 0.05) is 12.7 Å². The first-order chi connectivity index (χ1) is 9.36. The van der Waals surface area contributed by atoms with Crippen LogP contribution in [0.2, 0.25) is 0 Å². The Morgan fingerprint density at radius 3 is 2.65 bits per heavy atom. The van der Waals surface area contributed by atoms with E-state index in [1.165, 1.54) is 16.3 Å². The van der Waals surface area contributed by atoms with Crippen molar-refractivity contribution in [1.29, 1.82) is 0 Å². The highest BCUT2D eigenvalue weighted by molar-refractivity contribution is 6.16. The Hall–Kier alpha value is -1.51. The molecule has 0 fully saturated rings. The topological polar surface area (TPSA) is 17.8 Å². The lowest BCUT2D eigenvalue weighted by molar-refractivity contribution is 0.675. The molecular formula is C16H16Cl2N2. The first-order valence-electron chi connectivity index (χ1n) is 6.39. The summed E-state index contributed by atoms with van der Waals surface area (Å²) in [5.41, 5.74) is 2.41. The second kappa shape index (κ2) is 6.78. The van der Waals surface area contributed by atoms with Gasteiger partial charge in [-0.2, -0.15) is 0 Å². The largest absolute Gasteiger partial charge is 0.333 e. The highest BCUT2D eigenvalue weighted by atomic mass is 35.5. The molecule has 1 heterocycles. The third kappa shape index (κ3) is 3.14. The Morgan fingerprint density at radius 2 is 1.85 bits per heavy atom. The lowest BCUT2D eigenvalue weighted by atomic mass is 10.1. The minimum Gasteiger partial charge on any atom is -0.333 e. The number of fused-ring (bicyclic) bond motifs is 1. The standard InChI is InChI=1S/C16H15ClN2.ClH/c17-10-16-11-18-12-19(16)8-7-13-5-6-14-3-1-2-4-15(14)9-13;/h1-6,9,11-12H,7-8,10H2;1H. The van der Waals surface area contributed by atoms with Gasteiger partial charge in [0.15, 0.2) is 0 Å². The van der Waals surface area contributed by atoms with Gasteiger partial charge < -0.3 is 4.57 Å². The Bertz CT molecular complexity index is 692. The monoisotopic (exact) mass is 306 g/mol. The number of hydrogen-bond donors (Lipinski definition) is 0. The van der Waals surface area contributed by atoms with Crippen LogP contribution in [0.15, 0.2) is 55.0 Å². The summed E-state index contributed by atoms with van der Waals surface area (Å²) >= 11 is 5.87. The fraction of sp³-hybridized carbons (Fsp3) is 0.188. The molecule has 0 aliphatic rings. The summed E-state index contributed by atoms with van der Waals surface area (Å²) in [4.78, 5) is 4.13. The summed E-state index contributed by atoms with van der Waals surface area (Å²) in [6, 6.07) is 15.1. The Balaban J connectivity index is 0.00000147. The summed E-state index contributed by atoms with van der Waals surface area (Å²) in [6.07, 6.45) is 4.66. The lowest BCUT2D eigenvalue weighted by Gasteiger charge is -2.07. The summed E-state index contributed by atoms with van der Waals surface area (Å²) in [5, 5.41) is 2.58. The van der Waals surface area contributed by atoms with Crippen molar-refractivity contribution < 1.29 is 0 Å². The summed E-state index contributed by atoms with van der Waals surface area (Å²) in [6.45, 7) is 0.917. The highest BCUT2D eigenvalue weighted by Crippen LogP contribution is 2.16. The van der Waals surface area contributed by atoms with Crippen LogP contribution in [0.4, 0.5) is 0 Å². The average molecular weight is 307 g/mol. The molecule has 3 rings (SSSR count). The van der Waals surface area contributed by atoms with Crippen molar-refractivity contribution in [3.63, 3.8) is 0 Å². The Morgan fingerprint density at radius 1 is 1.05 bits per heavy atom. The maximum Gasteiger partial charge on any atom is 0.0948 e. The van der Waals surface area contributed by atoms with Crippen LogP contribution >= 0.6 is 24.0 Å². The molecule has 0 saturated carbocycles. The van der Waals surface area contributed by atoms with Gasteiger partial charge in [0.1, 0.15) is 0 Å². The molecule has 0 radical (unpaired) electrons. The zero-order valence-corrected chi connectivity index (χ0v) is 12.6. The molecule has 1 aromatic heterocycles. The van der Waals surface area contributed by atoms with E-state index in [-0.39, 0.29) is 12.4 Å². The zero-order valence-electron chi connectivity index (χ0n) is 11.0. The fourth-order valence-corrected chi connectivity index (χ4v) is 2.53. The van der Waals surface area contributed by atoms with Crippen LogP contribution in [0.25, 0.3) is 10.8 Å². The van der Waals surface area contributed by atoms with Crippen LogP contribution in [0.5, 0.6) is 0 Å². The van der Waals surface area contributed by atoms with Crippen LogP contribution in [0.3, 0.4) is 0 Å². The molecular weight excluding hydrogens is 291 g/mol. The summed E-state index contributed by atoms with van der Waals surface area (Å²) in [7, 11) is 0. The lowest BCUT2D eigenvalue weighted by Crippen LogP contribution is -2.03. The van der Waals surface area contributed by atoms with E-state index in [1.807, 2.05) is 12.5 Å². The van der Waals surface area contributed by atoms with Crippen molar-refractivity contribution in [3.05, 3.63) is 66.2 Å². The molecule has 0 aliphatic carbocycles. The fourth-order valence-electron chi connectivity index (χ4n) is 2.30. The van der Waals surface area contributed by atoms with Crippen molar-refractivity contribution in [2.24, 2.45) is 0 Å². The van der Waals surface area contributed by atoms with Gasteiger partial charge in [-0.25, -0.2) is 4.98 Å². The van der Waals surface area contributed by atoms with E-state index >= 15 is 0 Å². The van der Waals surface area contributed by atoms with Crippen LogP contribution in [0.1, 0.15) is 11.3 Å². The first kappa shape index (κ1) is 14.9. The van der Waals surface area contributed by atoms with E-state index in [2.05, 4.69) is 52.0 Å². The quantitative estimate of drug-likeness (QED) is 0.652. The SMILES string of the molecule is Cl.ClCc1cncn1CCc1ccc2ccccc2c1. The van der Waals surface area contributed by atoms with Gasteiger partial charge in [-0.15, -0.1) is 24.0 Å². The summed E-state index contributed by atoms with van der Waals surface area (Å²) in [5.74, 6) is 0.512. The van der Waals surface area contributed by atoms with E-state index < -0.39 is 0 Å². The van der Waals surface area contributed by atoms with E-state index in [0.29, 0.717) is 5.88 Å². The molecule has 0 N–H and O–H groups in total. The van der Waals surface area contributed by atoms with Crippen molar-refractivity contribution >= 4 is 34.8 Å². The van der Waals surface area contributed by atoms with Crippen LogP contribution in [0, 0.1) is 0 Å². The maximum atomic E-state index is 5.87. The van der Waals surface area contributed by atoms with E-state index in [1.54, 1.807) is 0 Å². The molecule has 0 bridgehead atoms. The van der Waals surface area contributed by atoms with Crippen molar-refractivity contribution in [2.75, 3.05) is 0 Å². The minimum atomic E-state index is 0. The predicted molar refractivity (Wildman–Crippen MR) is 86.7 cm³/mol. The van der Waals surface area contributed by atoms with Crippen molar-refractivity contribution in [2.45, 2.75) is 18.8 Å². The molecule has 2 aromatic carbocycles. The van der Waals surface area contributed by atoms with Crippen molar-refractivity contribution in [1.82, 2.24) is 9.55 Å². The number of aryl methyl sites for hydroxylation is 2. The van der Waals surface area contributed by atoms with Crippen LogP contribution < -0.4 is 0 Å². The molecule has 104 valence electrons. The van der Waals surface area contributed by atoms with Gasteiger partial charge >= 0.3 is 0 Å². The Labute approximate surface area is 129 Å². The second-order valence-corrected chi connectivity index (χ2v) is 4.91. The molecule has 4 heteroatoms. The molecule has 20 heavy (non-hydrogen) atoms. The number of aromatic nitrogens is 2. The smallest absolute Gasteiger partial charge is 0.0948 e. The van der Waals surface area contributed by atoms with E-state index in [0.717, 1.165) is 18.7 Å². The molecule has 3 aromatic rings. The molecule has 0 unspecified atom stereocenters. The number of hydrogen-bond acceptors (Lipinski definition) is 1. The third-order valence-electron chi connectivity index (χ3n) is 3.39. The van der Waals surface area contributed by atoms with E-state index in [4.69, 9.17) is 11.6 Å². The number of alkyl halides is 1. The van der Waals surface area contributed by atoms with Gasteiger partial charge in [0.25, 0.3) is 0 Å². The molecule has 0 amide bonds. The molecule has 0 aliphatic heterocycles. The molecule has 0 spiro atoms. The Kier molecular flexibility index (Phi) is 5.05. The number of nitrogens with zero attached hydrogens (tertiary/aromatic N) is 2. The number of halogens is 2. The zero-order chi connectivity index (χ0) is 13.1. The van der Waals surface area contributed by atoms with Gasteiger partial charge in [-0.3, -0.25) is 0 Å². The third-order valence-corrected chi connectivity index (χ3v) is 3.66. The van der Waals surface area contributed by atoms with Gasteiger partial charge in [-0.05, 0) is 22.8 Å². The number of imidazole rings is 1. The van der Waals surface area contributed by atoms with Crippen molar-refractivity contribution in [3.8, 4) is 0 Å². The number of rotatable bonds is 4. The van der Waals surface area contributed by atoms with Crippen LogP contribution in [-0.2, 0) is 18.8 Å². The highest BCUT2D eigenvalue weighted by Gasteiger charge is 2.01. The molecule has 0 saturated heterocycles. The predicted octanol–water partition coefficient (Wildman–Crippen LogP) is 4.44. The molecule has 0 atom stereocenters. The van der Waals surface area contributed by atoms with E-state index in [9.17, 15) is 0 Å². The normalized spacial score (nSPS) is 10.4. The van der Waals surface area contributed by atoms with Gasteiger partial charge in [0.2, 0.25) is 0 Å². The average Bonchev–Trinajstić information content (AvgIpc) is 2.92. The van der Waals surface area contributed by atoms with Gasteiger partial charge in [0.05, 0.1) is 17.9 Å². The summed E-state index contributed by atoms with van der Waals surface area (Å²) < 4.78 is 2.11. The number of benzene rings is 2. The maximum absolute atomic E-state index is 5.87. The minimum absolute atomic E-state index is 0. The molecule has 2 nitrogen and oxygen atoms in total. The van der Waals surface area contributed by atoms with Crippen LogP contribution in [-0.4, -0.2) is 9.55 Å². The van der Waals surface area contributed by atoms with Gasteiger partial charge in [-0.1, -0.05) is 42.5 Å². The first-order valence-corrected chi connectivity index (χ1v) is 6.93. The second-order valence-electron chi connectivity index (χ2n) is 4.64.